The maximum absolute atomic E-state index is 12.1. The summed E-state index contributed by atoms with van der Waals surface area (Å²) in [5.41, 5.74) is -0.488. The van der Waals surface area contributed by atoms with Gasteiger partial charge in [0.2, 0.25) is 0 Å². The number of nitrogens with one attached hydrogen (secondary N) is 1. The topological polar surface area (TPSA) is 134 Å². The van der Waals surface area contributed by atoms with Crippen LogP contribution in [0.4, 0.5) is 5.69 Å². The van der Waals surface area contributed by atoms with Crippen molar-refractivity contribution in [1.29, 1.82) is 0 Å². The molecule has 1 aromatic carbocycles. The minimum atomic E-state index is -0.917. The van der Waals surface area contributed by atoms with Gasteiger partial charge in [0.15, 0.2) is 12.4 Å². The fourth-order valence-corrected chi connectivity index (χ4v) is 2.34. The van der Waals surface area contributed by atoms with Crippen molar-refractivity contribution in [1.82, 2.24) is 5.32 Å². The molecule has 0 saturated carbocycles. The van der Waals surface area contributed by atoms with Gasteiger partial charge in [0.05, 0.1) is 24.2 Å². The van der Waals surface area contributed by atoms with Crippen LogP contribution in [0, 0.1) is 16.0 Å². The molecule has 10 nitrogen and oxygen atoms in total. The molecule has 0 spiro atoms. The molecule has 10 heteroatoms. The van der Waals surface area contributed by atoms with Crippen molar-refractivity contribution in [2.24, 2.45) is 5.92 Å². The minimum Gasteiger partial charge on any atom is -0.487 e. The van der Waals surface area contributed by atoms with Gasteiger partial charge >= 0.3 is 17.6 Å². The summed E-state index contributed by atoms with van der Waals surface area (Å²) in [5, 5.41) is 13.5. The molecule has 1 rings (SSSR count). The molecular weight excluding hydrogens is 372 g/mol. The summed E-state index contributed by atoms with van der Waals surface area (Å²) in [7, 11) is 1.21. The number of nitrogens with zero attached hydrogens (tertiary/aromatic N) is 1. The van der Waals surface area contributed by atoms with Crippen molar-refractivity contribution in [2.45, 2.75) is 33.2 Å². The molecule has 1 aromatic rings. The van der Waals surface area contributed by atoms with Crippen molar-refractivity contribution in [3.8, 4) is 5.75 Å². The highest BCUT2D eigenvalue weighted by Gasteiger charge is 2.24. The Hall–Kier alpha value is -3.17. The second kappa shape index (κ2) is 10.9. The van der Waals surface area contributed by atoms with E-state index in [9.17, 15) is 24.5 Å². The van der Waals surface area contributed by atoms with E-state index in [-0.39, 0.29) is 29.5 Å². The predicted octanol–water partition coefficient (Wildman–Crippen LogP) is 1.85. The number of nitro benzene ring substituents is 1. The molecule has 1 amide bonds. The summed E-state index contributed by atoms with van der Waals surface area (Å²) >= 11 is 0. The van der Waals surface area contributed by atoms with Gasteiger partial charge in [0.25, 0.3) is 5.91 Å². The number of amides is 1. The molecule has 0 saturated heterocycles. The summed E-state index contributed by atoms with van der Waals surface area (Å²) in [6, 6.07) is 2.74. The Labute approximate surface area is 162 Å². The SMILES string of the molecule is CCOc1ccc(C(=O)OCC(=O)N[C@@H](CC(C)C)C(=O)OC)cc1[N+](=O)[O-]. The number of hydrogen-bond donors (Lipinski definition) is 1. The Balaban J connectivity index is 2.75. The molecule has 0 fully saturated rings. The summed E-state index contributed by atoms with van der Waals surface area (Å²) in [6.07, 6.45) is 0.359. The number of ether oxygens (including phenoxy) is 3. The van der Waals surface area contributed by atoms with Crippen LogP contribution in [-0.2, 0) is 19.1 Å². The third kappa shape index (κ3) is 6.86. The van der Waals surface area contributed by atoms with Crippen molar-refractivity contribution in [3.63, 3.8) is 0 Å². The fourth-order valence-electron chi connectivity index (χ4n) is 2.34. The lowest BCUT2D eigenvalue weighted by atomic mass is 10.0. The highest BCUT2D eigenvalue weighted by Crippen LogP contribution is 2.28. The number of carbonyl (C=O) groups is 3. The number of esters is 2. The lowest BCUT2D eigenvalue weighted by Crippen LogP contribution is -2.44. The molecule has 1 N–H and O–H groups in total. The van der Waals surface area contributed by atoms with Crippen LogP contribution in [0.2, 0.25) is 0 Å². The Morgan fingerprint density at radius 1 is 1.25 bits per heavy atom. The van der Waals surface area contributed by atoms with Gasteiger partial charge in [-0.25, -0.2) is 9.59 Å². The lowest BCUT2D eigenvalue weighted by Gasteiger charge is -2.18. The Morgan fingerprint density at radius 2 is 1.93 bits per heavy atom. The van der Waals surface area contributed by atoms with Crippen LogP contribution >= 0.6 is 0 Å². The van der Waals surface area contributed by atoms with Gasteiger partial charge in [-0.3, -0.25) is 14.9 Å². The summed E-state index contributed by atoms with van der Waals surface area (Å²) in [6.45, 7) is 5.00. The van der Waals surface area contributed by atoms with E-state index >= 15 is 0 Å². The van der Waals surface area contributed by atoms with Crippen LogP contribution in [0.5, 0.6) is 5.75 Å². The molecular formula is C18H24N2O8. The molecule has 0 heterocycles. The molecule has 0 aliphatic heterocycles. The van der Waals surface area contributed by atoms with E-state index in [4.69, 9.17) is 9.47 Å². The Bertz CT molecular complexity index is 732. The van der Waals surface area contributed by atoms with Crippen LogP contribution in [-0.4, -0.2) is 49.1 Å². The van der Waals surface area contributed by atoms with E-state index in [1.165, 1.54) is 19.2 Å². The van der Waals surface area contributed by atoms with Gasteiger partial charge in [0.1, 0.15) is 6.04 Å². The molecule has 0 aliphatic rings. The van der Waals surface area contributed by atoms with Gasteiger partial charge in [-0.05, 0) is 31.4 Å². The number of hydrogen-bond acceptors (Lipinski definition) is 8. The summed E-state index contributed by atoms with van der Waals surface area (Å²) in [4.78, 5) is 46.2. The summed E-state index contributed by atoms with van der Waals surface area (Å²) < 4.78 is 14.7. The summed E-state index contributed by atoms with van der Waals surface area (Å²) in [5.74, 6) is -2.06. The van der Waals surface area contributed by atoms with Crippen molar-refractivity contribution < 1.29 is 33.5 Å². The largest absolute Gasteiger partial charge is 0.487 e. The van der Waals surface area contributed by atoms with Crippen LogP contribution in [0.15, 0.2) is 18.2 Å². The van der Waals surface area contributed by atoms with E-state index in [0.29, 0.717) is 6.42 Å². The number of carbonyl (C=O) groups excluding carboxylic acids is 3. The highest BCUT2D eigenvalue weighted by atomic mass is 16.6. The molecule has 1 atom stereocenters. The molecule has 0 aliphatic carbocycles. The smallest absolute Gasteiger partial charge is 0.338 e. The third-order valence-electron chi connectivity index (χ3n) is 3.55. The second-order valence-corrected chi connectivity index (χ2v) is 6.22. The van der Waals surface area contributed by atoms with Gasteiger partial charge in [-0.2, -0.15) is 0 Å². The van der Waals surface area contributed by atoms with E-state index in [1.807, 2.05) is 13.8 Å². The lowest BCUT2D eigenvalue weighted by molar-refractivity contribution is -0.385. The van der Waals surface area contributed by atoms with Gasteiger partial charge in [-0.1, -0.05) is 13.8 Å². The predicted molar refractivity (Wildman–Crippen MR) is 97.9 cm³/mol. The zero-order valence-electron chi connectivity index (χ0n) is 16.2. The number of nitro groups is 1. The zero-order valence-corrected chi connectivity index (χ0v) is 16.2. The average molecular weight is 396 g/mol. The molecule has 28 heavy (non-hydrogen) atoms. The average Bonchev–Trinajstić information content (AvgIpc) is 2.64. The van der Waals surface area contributed by atoms with Crippen LogP contribution in [0.25, 0.3) is 0 Å². The quantitative estimate of drug-likeness (QED) is 0.360. The first kappa shape index (κ1) is 22.9. The van der Waals surface area contributed by atoms with E-state index in [0.717, 1.165) is 6.07 Å². The van der Waals surface area contributed by atoms with Gasteiger partial charge in [0, 0.05) is 6.07 Å². The van der Waals surface area contributed by atoms with Crippen molar-refractivity contribution in [3.05, 3.63) is 33.9 Å². The first-order chi connectivity index (χ1) is 13.2. The molecule has 0 bridgehead atoms. The third-order valence-corrected chi connectivity index (χ3v) is 3.55. The van der Waals surface area contributed by atoms with E-state index in [2.05, 4.69) is 10.1 Å². The number of benzene rings is 1. The van der Waals surface area contributed by atoms with E-state index < -0.39 is 35.4 Å². The standard InChI is InChI=1S/C18H24N2O8/c1-5-27-15-7-6-12(9-14(15)20(24)25)17(22)28-10-16(21)19-13(8-11(2)3)18(23)26-4/h6-7,9,11,13H,5,8,10H2,1-4H3,(H,19,21)/t13-/m0/s1. The second-order valence-electron chi connectivity index (χ2n) is 6.22. The highest BCUT2D eigenvalue weighted by molar-refractivity contribution is 5.93. The fraction of sp³-hybridized carbons (Fsp3) is 0.500. The van der Waals surface area contributed by atoms with E-state index in [1.54, 1.807) is 6.92 Å². The number of methoxy groups -OCH3 is 1. The zero-order chi connectivity index (χ0) is 21.3. The van der Waals surface area contributed by atoms with Crippen molar-refractivity contribution in [2.75, 3.05) is 20.3 Å². The first-order valence-corrected chi connectivity index (χ1v) is 8.65. The number of rotatable bonds is 10. The molecule has 0 aromatic heterocycles. The maximum atomic E-state index is 12.1. The van der Waals surface area contributed by atoms with Gasteiger partial charge < -0.3 is 19.5 Å². The van der Waals surface area contributed by atoms with Crippen molar-refractivity contribution >= 4 is 23.5 Å². The molecule has 0 unspecified atom stereocenters. The monoisotopic (exact) mass is 396 g/mol. The maximum Gasteiger partial charge on any atom is 0.338 e. The van der Waals surface area contributed by atoms with Crippen LogP contribution < -0.4 is 10.1 Å². The van der Waals surface area contributed by atoms with Crippen LogP contribution in [0.3, 0.4) is 0 Å². The Morgan fingerprint density at radius 3 is 2.46 bits per heavy atom. The first-order valence-electron chi connectivity index (χ1n) is 8.65. The van der Waals surface area contributed by atoms with Crippen LogP contribution in [0.1, 0.15) is 37.6 Å². The molecule has 0 radical (unpaired) electrons. The van der Waals surface area contributed by atoms with Gasteiger partial charge in [-0.15, -0.1) is 0 Å². The Kier molecular flexibility index (Phi) is 8.86. The minimum absolute atomic E-state index is 0.0244. The molecule has 154 valence electrons. The normalized spacial score (nSPS) is 11.5.